The van der Waals surface area contributed by atoms with E-state index in [2.05, 4.69) is 58.9 Å². The molecule has 0 aromatic heterocycles. The summed E-state index contributed by atoms with van der Waals surface area (Å²) in [5, 5.41) is 11.0. The zero-order chi connectivity index (χ0) is 15.6. The first-order chi connectivity index (χ1) is 9.85. The van der Waals surface area contributed by atoms with E-state index in [9.17, 15) is 5.11 Å². The molecule has 2 aliphatic rings. The smallest absolute Gasteiger partial charge is 0.0644 e. The van der Waals surface area contributed by atoms with Gasteiger partial charge in [0.05, 0.1) is 6.10 Å². The van der Waals surface area contributed by atoms with Crippen LogP contribution in [0, 0.1) is 23.2 Å². The van der Waals surface area contributed by atoms with Crippen LogP contribution in [0.5, 0.6) is 0 Å². The molecule has 0 heterocycles. The molecule has 0 aliphatic heterocycles. The van der Waals surface area contributed by atoms with Crippen LogP contribution in [0.4, 0.5) is 0 Å². The molecule has 0 unspecified atom stereocenters. The Balaban J connectivity index is 2.06. The second kappa shape index (κ2) is 6.52. The number of allylic oxidation sites excluding steroid dienone is 5. The molecule has 1 fully saturated rings. The zero-order valence-corrected chi connectivity index (χ0v) is 14.4. The Kier molecular flexibility index (Phi) is 5.14. The summed E-state index contributed by atoms with van der Waals surface area (Å²) in [7, 11) is 0. The summed E-state index contributed by atoms with van der Waals surface area (Å²) >= 11 is 0. The normalized spacial score (nSPS) is 36.7. The summed E-state index contributed by atoms with van der Waals surface area (Å²) < 4.78 is 0. The maximum Gasteiger partial charge on any atom is 0.0644 e. The first kappa shape index (κ1) is 16.5. The van der Waals surface area contributed by atoms with Crippen LogP contribution in [-0.2, 0) is 0 Å². The summed E-state index contributed by atoms with van der Waals surface area (Å²) in [6.07, 6.45) is 13.5. The summed E-state index contributed by atoms with van der Waals surface area (Å²) in [6, 6.07) is 0. The van der Waals surface area contributed by atoms with E-state index in [0.717, 1.165) is 12.8 Å². The van der Waals surface area contributed by atoms with Crippen LogP contribution in [0.15, 0.2) is 35.5 Å². The third-order valence-electron chi connectivity index (χ3n) is 5.74. The van der Waals surface area contributed by atoms with E-state index in [1.165, 1.54) is 24.0 Å². The largest absolute Gasteiger partial charge is 0.392 e. The molecule has 0 radical (unpaired) electrons. The van der Waals surface area contributed by atoms with Crippen molar-refractivity contribution in [3.63, 3.8) is 0 Å². The molecule has 1 saturated carbocycles. The van der Waals surface area contributed by atoms with Crippen LogP contribution in [0.3, 0.4) is 0 Å². The minimum absolute atomic E-state index is 0.161. The molecule has 1 N–H and O–H groups in total. The van der Waals surface area contributed by atoms with Gasteiger partial charge >= 0.3 is 0 Å². The maximum atomic E-state index is 11.0. The number of aliphatic hydroxyl groups excluding tert-OH is 1. The van der Waals surface area contributed by atoms with Crippen molar-refractivity contribution >= 4 is 0 Å². The van der Waals surface area contributed by atoms with Gasteiger partial charge in [-0.05, 0) is 63.7 Å². The average Bonchev–Trinajstić information content (AvgIpc) is 2.37. The number of hydrogen-bond donors (Lipinski definition) is 1. The number of rotatable bonds is 4. The number of hydrogen-bond acceptors (Lipinski definition) is 1. The summed E-state index contributed by atoms with van der Waals surface area (Å²) in [4.78, 5) is 0. The lowest BCUT2D eigenvalue weighted by atomic mass is 9.57. The molecular weight excluding hydrogens is 256 g/mol. The van der Waals surface area contributed by atoms with Gasteiger partial charge in [-0.2, -0.15) is 0 Å². The standard InChI is InChI=1S/C20H32O/c1-14(2)8-6-9-15(3)17-11-13-20(5)12-7-10-16(4)18(20)19(17)21/h7-8,10,12,15,17-19,21H,6,9,11,13H2,1-5H3/t15-,17-,18-,19+,20+/m0/s1. The molecule has 2 aliphatic carbocycles. The van der Waals surface area contributed by atoms with E-state index in [4.69, 9.17) is 0 Å². The highest BCUT2D eigenvalue weighted by Gasteiger charge is 2.47. The molecule has 0 amide bonds. The van der Waals surface area contributed by atoms with E-state index in [1.54, 1.807) is 0 Å². The van der Waals surface area contributed by atoms with Gasteiger partial charge in [0.15, 0.2) is 0 Å². The molecule has 5 atom stereocenters. The van der Waals surface area contributed by atoms with Gasteiger partial charge in [-0.15, -0.1) is 0 Å². The molecule has 2 rings (SSSR count). The van der Waals surface area contributed by atoms with E-state index in [0.29, 0.717) is 17.8 Å². The second-order valence-corrected chi connectivity index (χ2v) is 7.78. The Morgan fingerprint density at radius 3 is 2.86 bits per heavy atom. The van der Waals surface area contributed by atoms with Crippen molar-refractivity contribution in [3.8, 4) is 0 Å². The van der Waals surface area contributed by atoms with Gasteiger partial charge in [-0.3, -0.25) is 0 Å². The lowest BCUT2D eigenvalue weighted by Gasteiger charge is -2.49. The molecule has 0 saturated heterocycles. The molecule has 0 bridgehead atoms. The van der Waals surface area contributed by atoms with Gasteiger partial charge in [-0.1, -0.05) is 49.3 Å². The molecular formula is C20H32O. The first-order valence-corrected chi connectivity index (χ1v) is 8.52. The fraction of sp³-hybridized carbons (Fsp3) is 0.700. The van der Waals surface area contributed by atoms with Crippen molar-refractivity contribution in [1.82, 2.24) is 0 Å². The molecule has 118 valence electrons. The van der Waals surface area contributed by atoms with Crippen LogP contribution in [-0.4, -0.2) is 11.2 Å². The van der Waals surface area contributed by atoms with Gasteiger partial charge in [0.25, 0.3) is 0 Å². The van der Waals surface area contributed by atoms with Crippen LogP contribution < -0.4 is 0 Å². The highest BCUT2D eigenvalue weighted by molar-refractivity contribution is 5.28. The Hall–Kier alpha value is -0.820. The number of aliphatic hydroxyl groups is 1. The Bertz CT molecular complexity index is 452. The van der Waals surface area contributed by atoms with Crippen LogP contribution >= 0.6 is 0 Å². The maximum absolute atomic E-state index is 11.0. The fourth-order valence-corrected chi connectivity index (χ4v) is 4.41. The Labute approximate surface area is 130 Å². The van der Waals surface area contributed by atoms with E-state index in [1.807, 2.05) is 0 Å². The highest BCUT2D eigenvalue weighted by atomic mass is 16.3. The Morgan fingerprint density at radius 1 is 1.48 bits per heavy atom. The van der Waals surface area contributed by atoms with Gasteiger partial charge in [-0.25, -0.2) is 0 Å². The van der Waals surface area contributed by atoms with Gasteiger partial charge in [0.1, 0.15) is 0 Å². The molecule has 21 heavy (non-hydrogen) atoms. The summed E-state index contributed by atoms with van der Waals surface area (Å²) in [5.41, 5.74) is 2.91. The van der Waals surface area contributed by atoms with Crippen molar-refractivity contribution in [2.24, 2.45) is 23.2 Å². The fourth-order valence-electron chi connectivity index (χ4n) is 4.41. The van der Waals surface area contributed by atoms with Gasteiger partial charge in [0.2, 0.25) is 0 Å². The van der Waals surface area contributed by atoms with Crippen molar-refractivity contribution in [3.05, 3.63) is 35.5 Å². The summed E-state index contributed by atoms with van der Waals surface area (Å²) in [6.45, 7) is 11.2. The van der Waals surface area contributed by atoms with Gasteiger partial charge < -0.3 is 5.11 Å². The van der Waals surface area contributed by atoms with Crippen LogP contribution in [0.1, 0.15) is 60.3 Å². The third-order valence-corrected chi connectivity index (χ3v) is 5.74. The minimum atomic E-state index is -0.188. The van der Waals surface area contributed by atoms with E-state index >= 15 is 0 Å². The summed E-state index contributed by atoms with van der Waals surface area (Å²) in [5.74, 6) is 1.36. The van der Waals surface area contributed by atoms with Crippen molar-refractivity contribution in [2.75, 3.05) is 0 Å². The predicted molar refractivity (Wildman–Crippen MR) is 91.1 cm³/mol. The third kappa shape index (κ3) is 3.51. The molecule has 0 aromatic carbocycles. The van der Waals surface area contributed by atoms with Gasteiger partial charge in [0, 0.05) is 5.92 Å². The topological polar surface area (TPSA) is 20.2 Å². The second-order valence-electron chi connectivity index (χ2n) is 7.78. The molecule has 1 nitrogen and oxygen atoms in total. The molecule has 1 heteroatoms. The average molecular weight is 288 g/mol. The predicted octanol–water partition coefficient (Wildman–Crippen LogP) is 5.28. The first-order valence-electron chi connectivity index (χ1n) is 8.52. The molecule has 0 spiro atoms. The van der Waals surface area contributed by atoms with Crippen molar-refractivity contribution in [1.29, 1.82) is 0 Å². The van der Waals surface area contributed by atoms with E-state index in [-0.39, 0.29) is 11.5 Å². The SMILES string of the molecule is CC(C)=CCC[C@H](C)[C@@H]1CC[C@@]2(C)C=CC=C(C)[C@H]2[C@@H]1O. The lowest BCUT2D eigenvalue weighted by molar-refractivity contribution is -0.0413. The monoisotopic (exact) mass is 288 g/mol. The quantitative estimate of drug-likeness (QED) is 0.698. The van der Waals surface area contributed by atoms with Crippen molar-refractivity contribution < 1.29 is 5.11 Å². The lowest BCUT2D eigenvalue weighted by Crippen LogP contribution is -2.47. The van der Waals surface area contributed by atoms with Crippen LogP contribution in [0.25, 0.3) is 0 Å². The van der Waals surface area contributed by atoms with E-state index < -0.39 is 0 Å². The van der Waals surface area contributed by atoms with Crippen LogP contribution in [0.2, 0.25) is 0 Å². The number of fused-ring (bicyclic) bond motifs is 1. The minimum Gasteiger partial charge on any atom is -0.392 e. The van der Waals surface area contributed by atoms with Crippen molar-refractivity contribution in [2.45, 2.75) is 66.4 Å². The zero-order valence-electron chi connectivity index (χ0n) is 14.4. The molecule has 0 aromatic rings. The highest BCUT2D eigenvalue weighted by Crippen LogP contribution is 2.51. The Morgan fingerprint density at radius 2 is 2.19 bits per heavy atom.